The average molecular weight is 499 g/mol. The van der Waals surface area contributed by atoms with Gasteiger partial charge in [0.1, 0.15) is 7.11 Å². The zero-order valence-electron chi connectivity index (χ0n) is 20.2. The molecule has 0 aliphatic heterocycles. The molecule has 5 rings (SSSR count). The van der Waals surface area contributed by atoms with Crippen LogP contribution in [0.25, 0.3) is 27.5 Å². The maximum absolute atomic E-state index is 11.7. The summed E-state index contributed by atoms with van der Waals surface area (Å²) in [6, 6.07) is 12.1. The van der Waals surface area contributed by atoms with Gasteiger partial charge in [-0.3, -0.25) is 9.78 Å². The number of aromatic nitrogens is 4. The van der Waals surface area contributed by atoms with Crippen molar-refractivity contribution in [2.24, 2.45) is 5.16 Å². The Morgan fingerprint density at radius 1 is 1.25 bits per heavy atom. The van der Waals surface area contributed by atoms with E-state index in [-0.39, 0.29) is 5.91 Å². The van der Waals surface area contributed by atoms with Crippen LogP contribution in [0.15, 0.2) is 60.4 Å². The van der Waals surface area contributed by atoms with Crippen LogP contribution in [0.4, 0.5) is 5.13 Å². The molecular formula is C27H26N6O2S. The summed E-state index contributed by atoms with van der Waals surface area (Å²) in [6.07, 6.45) is 8.82. The molecule has 1 amide bonds. The number of hydrogen-bond donors (Lipinski definition) is 1. The second-order valence-electron chi connectivity index (χ2n) is 8.44. The molecule has 4 aromatic rings. The SMILES string of the molecule is C=CCCc1ccc(-c2nn(-c3ccc(/C=N\OC)cc3)c3c2CCc2nc(NC(C)=O)sc2-3)cn1. The molecule has 3 heterocycles. The van der Waals surface area contributed by atoms with Gasteiger partial charge < -0.3 is 10.2 Å². The molecule has 1 N–H and O–H groups in total. The molecule has 36 heavy (non-hydrogen) atoms. The zero-order chi connectivity index (χ0) is 25.1. The Morgan fingerprint density at radius 2 is 2.08 bits per heavy atom. The van der Waals surface area contributed by atoms with Gasteiger partial charge in [0.05, 0.1) is 33.9 Å². The Kier molecular flexibility index (Phi) is 6.73. The van der Waals surface area contributed by atoms with Gasteiger partial charge in [-0.15, -0.1) is 6.58 Å². The van der Waals surface area contributed by atoms with Crippen LogP contribution in [0.1, 0.15) is 35.9 Å². The molecule has 1 aliphatic rings. The van der Waals surface area contributed by atoms with Crippen molar-refractivity contribution in [1.29, 1.82) is 0 Å². The molecule has 8 nitrogen and oxygen atoms in total. The summed E-state index contributed by atoms with van der Waals surface area (Å²) in [4.78, 5) is 26.8. The second kappa shape index (κ2) is 10.2. The molecule has 0 saturated heterocycles. The fraction of sp³-hybridized carbons (Fsp3) is 0.222. The molecule has 182 valence electrons. The fourth-order valence-corrected chi connectivity index (χ4v) is 5.39. The normalized spacial score (nSPS) is 12.3. The number of hydrogen-bond acceptors (Lipinski definition) is 7. The average Bonchev–Trinajstić information content (AvgIpc) is 3.47. The first-order valence-electron chi connectivity index (χ1n) is 11.7. The van der Waals surface area contributed by atoms with Gasteiger partial charge in [0, 0.05) is 29.9 Å². The third kappa shape index (κ3) is 4.70. The van der Waals surface area contributed by atoms with Gasteiger partial charge in [0.25, 0.3) is 0 Å². The highest BCUT2D eigenvalue weighted by molar-refractivity contribution is 7.19. The standard InChI is InChI=1S/C27H26N6O2S/c1-4-5-6-20-10-9-19(16-28-20)24-22-13-14-23-26(36-27(31-23)30-17(2)34)25(22)33(32-24)21-11-7-18(8-12-21)15-29-35-3/h4,7-12,15-16H,1,5-6,13-14H2,2-3H3,(H,30,31,34)/b29-15-. The molecule has 0 unspecified atom stereocenters. The molecule has 0 bridgehead atoms. The van der Waals surface area contributed by atoms with Crippen LogP contribution in [0, 0.1) is 0 Å². The van der Waals surface area contributed by atoms with Gasteiger partial charge in [-0.1, -0.05) is 34.7 Å². The van der Waals surface area contributed by atoms with Crippen LogP contribution in [-0.4, -0.2) is 39.0 Å². The Labute approximate surface area is 213 Å². The van der Waals surface area contributed by atoms with E-state index in [9.17, 15) is 4.79 Å². The lowest BCUT2D eigenvalue weighted by Gasteiger charge is -2.14. The van der Waals surface area contributed by atoms with Crippen molar-refractivity contribution in [2.75, 3.05) is 12.4 Å². The minimum Gasteiger partial charge on any atom is -0.399 e. The van der Waals surface area contributed by atoms with E-state index in [0.717, 1.165) is 75.7 Å². The number of aryl methyl sites for hydroxylation is 2. The van der Waals surface area contributed by atoms with Crippen LogP contribution in [0.2, 0.25) is 0 Å². The van der Waals surface area contributed by atoms with Gasteiger partial charge in [-0.2, -0.15) is 5.10 Å². The summed E-state index contributed by atoms with van der Waals surface area (Å²) < 4.78 is 1.97. The second-order valence-corrected chi connectivity index (χ2v) is 9.44. The van der Waals surface area contributed by atoms with Crippen molar-refractivity contribution in [1.82, 2.24) is 19.7 Å². The summed E-state index contributed by atoms with van der Waals surface area (Å²) in [6.45, 7) is 5.29. The molecule has 0 fully saturated rings. The summed E-state index contributed by atoms with van der Waals surface area (Å²) in [5.74, 6) is -0.133. The quantitative estimate of drug-likeness (QED) is 0.204. The van der Waals surface area contributed by atoms with E-state index < -0.39 is 0 Å². The first-order valence-corrected chi connectivity index (χ1v) is 12.5. The third-order valence-electron chi connectivity index (χ3n) is 5.94. The Bertz CT molecular complexity index is 1430. The predicted molar refractivity (Wildman–Crippen MR) is 143 cm³/mol. The smallest absolute Gasteiger partial charge is 0.223 e. The Morgan fingerprint density at radius 3 is 2.78 bits per heavy atom. The number of nitrogens with zero attached hydrogens (tertiary/aromatic N) is 5. The lowest BCUT2D eigenvalue weighted by Crippen LogP contribution is -2.07. The summed E-state index contributed by atoms with van der Waals surface area (Å²) >= 11 is 1.48. The molecule has 0 spiro atoms. The molecule has 0 radical (unpaired) electrons. The van der Waals surface area contributed by atoms with E-state index in [2.05, 4.69) is 39.2 Å². The molecule has 9 heteroatoms. The van der Waals surface area contributed by atoms with Gasteiger partial charge >= 0.3 is 0 Å². The number of nitrogens with one attached hydrogen (secondary N) is 1. The number of allylic oxidation sites excluding steroid dienone is 1. The molecule has 3 aromatic heterocycles. The number of amides is 1. The lowest BCUT2D eigenvalue weighted by atomic mass is 9.95. The topological polar surface area (TPSA) is 94.3 Å². The van der Waals surface area contributed by atoms with Gasteiger partial charge in [-0.25, -0.2) is 9.67 Å². The van der Waals surface area contributed by atoms with Crippen LogP contribution >= 0.6 is 11.3 Å². The number of fused-ring (bicyclic) bond motifs is 3. The van der Waals surface area contributed by atoms with Gasteiger partial charge in [-0.05, 0) is 55.5 Å². The van der Waals surface area contributed by atoms with Crippen LogP contribution in [-0.2, 0) is 28.9 Å². The van der Waals surface area contributed by atoms with Crippen molar-refractivity contribution >= 4 is 28.6 Å². The number of thiazole rings is 1. The van der Waals surface area contributed by atoms with Gasteiger partial charge in [0.2, 0.25) is 5.91 Å². The van der Waals surface area contributed by atoms with Gasteiger partial charge in [0.15, 0.2) is 5.13 Å². The number of rotatable bonds is 8. The first kappa shape index (κ1) is 23.6. The Hall–Kier alpha value is -4.11. The highest BCUT2D eigenvalue weighted by Gasteiger charge is 2.30. The maximum Gasteiger partial charge on any atom is 0.223 e. The van der Waals surface area contributed by atoms with E-state index >= 15 is 0 Å². The van der Waals surface area contributed by atoms with E-state index in [1.165, 1.54) is 25.4 Å². The molecule has 1 aromatic carbocycles. The largest absolute Gasteiger partial charge is 0.399 e. The summed E-state index contributed by atoms with van der Waals surface area (Å²) in [7, 11) is 1.52. The molecule has 1 aliphatic carbocycles. The first-order chi connectivity index (χ1) is 17.6. The third-order valence-corrected chi connectivity index (χ3v) is 6.96. The van der Waals surface area contributed by atoms with Crippen molar-refractivity contribution in [3.8, 4) is 27.5 Å². The molecule has 0 atom stereocenters. The van der Waals surface area contributed by atoms with E-state index in [0.29, 0.717) is 5.13 Å². The molecular weight excluding hydrogens is 472 g/mol. The number of carbonyl (C=O) groups is 1. The lowest BCUT2D eigenvalue weighted by molar-refractivity contribution is -0.114. The van der Waals surface area contributed by atoms with E-state index in [1.807, 2.05) is 41.2 Å². The number of pyridine rings is 1. The number of benzene rings is 1. The summed E-state index contributed by atoms with van der Waals surface area (Å²) in [5, 5.41) is 12.4. The monoisotopic (exact) mass is 498 g/mol. The van der Waals surface area contributed by atoms with Crippen molar-refractivity contribution in [2.45, 2.75) is 32.6 Å². The minimum absolute atomic E-state index is 0.133. The highest BCUT2D eigenvalue weighted by Crippen LogP contribution is 2.44. The number of carbonyl (C=O) groups excluding carboxylic acids is 1. The van der Waals surface area contributed by atoms with Crippen LogP contribution in [0.5, 0.6) is 0 Å². The van der Waals surface area contributed by atoms with E-state index in [4.69, 9.17) is 9.94 Å². The number of oxime groups is 1. The summed E-state index contributed by atoms with van der Waals surface area (Å²) in [5.41, 5.74) is 7.91. The maximum atomic E-state index is 11.7. The van der Waals surface area contributed by atoms with Crippen molar-refractivity contribution in [3.05, 3.63) is 77.8 Å². The van der Waals surface area contributed by atoms with Crippen molar-refractivity contribution in [3.63, 3.8) is 0 Å². The Balaban J connectivity index is 1.62. The minimum atomic E-state index is -0.133. The van der Waals surface area contributed by atoms with Crippen molar-refractivity contribution < 1.29 is 9.63 Å². The fourth-order valence-electron chi connectivity index (χ4n) is 4.27. The van der Waals surface area contributed by atoms with Crippen LogP contribution in [0.3, 0.4) is 0 Å². The molecule has 0 saturated carbocycles. The zero-order valence-corrected chi connectivity index (χ0v) is 21.0. The van der Waals surface area contributed by atoms with E-state index in [1.54, 1.807) is 6.21 Å². The van der Waals surface area contributed by atoms with Crippen LogP contribution < -0.4 is 5.32 Å². The predicted octanol–water partition coefficient (Wildman–Crippen LogP) is 5.21. The highest BCUT2D eigenvalue weighted by atomic mass is 32.1. The number of anilines is 1.